The maximum Gasteiger partial charge on any atom is 0.0832 e. The predicted molar refractivity (Wildman–Crippen MR) is 59.0 cm³/mol. The van der Waals surface area contributed by atoms with Crippen molar-refractivity contribution in [3.8, 4) is 5.69 Å². The number of hydrogen-bond donors (Lipinski definition) is 1. The lowest BCUT2D eigenvalue weighted by molar-refractivity contribution is 0.851. The predicted octanol–water partition coefficient (Wildman–Crippen LogP) is 1.69. The van der Waals surface area contributed by atoms with Crippen LogP contribution in [0.5, 0.6) is 0 Å². The molecule has 78 valence electrons. The van der Waals surface area contributed by atoms with Gasteiger partial charge in [-0.05, 0) is 18.6 Å². The van der Waals surface area contributed by atoms with Crippen LogP contribution in [0, 0.1) is 6.92 Å². The Morgan fingerprint density at radius 1 is 1.47 bits per heavy atom. The molecule has 5 heteroatoms. The molecule has 0 saturated heterocycles. The Hall–Kier alpha value is -1.39. The van der Waals surface area contributed by atoms with Gasteiger partial charge in [-0.2, -0.15) is 5.10 Å². The molecule has 2 aromatic heterocycles. The first-order chi connectivity index (χ1) is 7.20. The Bertz CT molecular complexity index is 459. The molecule has 0 spiro atoms. The summed E-state index contributed by atoms with van der Waals surface area (Å²) in [6.45, 7) is 2.33. The van der Waals surface area contributed by atoms with Crippen LogP contribution in [0.1, 0.15) is 11.3 Å². The first-order valence-electron chi connectivity index (χ1n) is 4.57. The molecule has 0 aromatic carbocycles. The van der Waals surface area contributed by atoms with E-state index in [-0.39, 0.29) is 0 Å². The van der Waals surface area contributed by atoms with Crippen molar-refractivity contribution in [3.63, 3.8) is 0 Å². The molecule has 0 fully saturated rings. The molecule has 0 atom stereocenters. The minimum Gasteiger partial charge on any atom is -0.326 e. The highest BCUT2D eigenvalue weighted by Gasteiger charge is 2.04. The SMILES string of the molecule is Cc1nn(-c2cncc(CN)c2)cc1Cl. The highest BCUT2D eigenvalue weighted by atomic mass is 35.5. The van der Waals surface area contributed by atoms with E-state index in [0.29, 0.717) is 11.6 Å². The second-order valence-corrected chi connectivity index (χ2v) is 3.67. The largest absolute Gasteiger partial charge is 0.326 e. The number of aryl methyl sites for hydroxylation is 1. The maximum absolute atomic E-state index is 5.92. The molecule has 2 rings (SSSR count). The van der Waals surface area contributed by atoms with Crippen LogP contribution in [0.2, 0.25) is 5.02 Å². The second kappa shape index (κ2) is 4.00. The monoisotopic (exact) mass is 222 g/mol. The third-order valence-electron chi connectivity index (χ3n) is 2.12. The van der Waals surface area contributed by atoms with Crippen molar-refractivity contribution in [2.75, 3.05) is 0 Å². The van der Waals surface area contributed by atoms with E-state index < -0.39 is 0 Å². The van der Waals surface area contributed by atoms with Gasteiger partial charge in [0, 0.05) is 18.9 Å². The number of nitrogens with two attached hydrogens (primary N) is 1. The molecule has 0 aliphatic heterocycles. The first-order valence-corrected chi connectivity index (χ1v) is 4.94. The standard InChI is InChI=1S/C10H11ClN4/c1-7-10(11)6-15(14-7)9-2-8(3-12)4-13-5-9/h2,4-6H,3,12H2,1H3. The Kier molecular flexibility index (Phi) is 2.70. The van der Waals surface area contributed by atoms with E-state index >= 15 is 0 Å². The smallest absolute Gasteiger partial charge is 0.0832 e. The molecule has 2 aromatic rings. The van der Waals surface area contributed by atoms with E-state index in [4.69, 9.17) is 17.3 Å². The Balaban J connectivity index is 2.44. The van der Waals surface area contributed by atoms with E-state index in [1.165, 1.54) is 0 Å². The van der Waals surface area contributed by atoms with E-state index in [0.717, 1.165) is 16.9 Å². The van der Waals surface area contributed by atoms with Crippen LogP contribution >= 0.6 is 11.6 Å². The average molecular weight is 223 g/mol. The normalized spacial score (nSPS) is 10.6. The molecule has 2 N–H and O–H groups in total. The van der Waals surface area contributed by atoms with Crippen molar-refractivity contribution in [1.29, 1.82) is 0 Å². The molecular weight excluding hydrogens is 212 g/mol. The molecular formula is C10H11ClN4. The van der Waals surface area contributed by atoms with Crippen LogP contribution in [0.15, 0.2) is 24.7 Å². The lowest BCUT2D eigenvalue weighted by atomic mass is 10.3. The Morgan fingerprint density at radius 2 is 2.27 bits per heavy atom. The summed E-state index contributed by atoms with van der Waals surface area (Å²) in [6, 6.07) is 1.94. The number of halogens is 1. The third-order valence-corrected chi connectivity index (χ3v) is 2.49. The zero-order valence-corrected chi connectivity index (χ0v) is 9.07. The lowest BCUT2D eigenvalue weighted by Gasteiger charge is -2.02. The van der Waals surface area contributed by atoms with Crippen LogP contribution in [0.3, 0.4) is 0 Å². The molecule has 0 bridgehead atoms. The Morgan fingerprint density at radius 3 is 2.87 bits per heavy atom. The van der Waals surface area contributed by atoms with Crippen molar-refractivity contribution in [2.24, 2.45) is 5.73 Å². The molecule has 15 heavy (non-hydrogen) atoms. The van der Waals surface area contributed by atoms with Gasteiger partial charge in [0.1, 0.15) is 0 Å². The molecule has 0 unspecified atom stereocenters. The van der Waals surface area contributed by atoms with Crippen molar-refractivity contribution in [1.82, 2.24) is 14.8 Å². The molecule has 0 aliphatic carbocycles. The fourth-order valence-corrected chi connectivity index (χ4v) is 1.41. The second-order valence-electron chi connectivity index (χ2n) is 3.26. The summed E-state index contributed by atoms with van der Waals surface area (Å²) in [6.07, 6.45) is 5.22. The number of nitrogens with zero attached hydrogens (tertiary/aromatic N) is 3. The van der Waals surface area contributed by atoms with Crippen LogP contribution < -0.4 is 5.73 Å². The summed E-state index contributed by atoms with van der Waals surface area (Å²) in [4.78, 5) is 4.09. The van der Waals surface area contributed by atoms with E-state index in [9.17, 15) is 0 Å². The number of hydrogen-bond acceptors (Lipinski definition) is 3. The van der Waals surface area contributed by atoms with Crippen molar-refractivity contribution >= 4 is 11.6 Å². The van der Waals surface area contributed by atoms with Crippen LogP contribution in [0.25, 0.3) is 5.69 Å². The van der Waals surface area contributed by atoms with E-state index in [2.05, 4.69) is 10.1 Å². The van der Waals surface area contributed by atoms with Gasteiger partial charge < -0.3 is 5.73 Å². The van der Waals surface area contributed by atoms with Gasteiger partial charge in [0.05, 0.1) is 22.6 Å². The van der Waals surface area contributed by atoms with Gasteiger partial charge in [-0.3, -0.25) is 4.98 Å². The van der Waals surface area contributed by atoms with Gasteiger partial charge >= 0.3 is 0 Å². The van der Waals surface area contributed by atoms with Crippen LogP contribution in [-0.2, 0) is 6.54 Å². The highest BCUT2D eigenvalue weighted by molar-refractivity contribution is 6.31. The highest BCUT2D eigenvalue weighted by Crippen LogP contribution is 2.16. The molecule has 2 heterocycles. The van der Waals surface area contributed by atoms with Gasteiger partial charge in [0.2, 0.25) is 0 Å². The van der Waals surface area contributed by atoms with Crippen LogP contribution in [0.4, 0.5) is 0 Å². The summed E-state index contributed by atoms with van der Waals surface area (Å²) >= 11 is 5.92. The number of pyridine rings is 1. The van der Waals surface area contributed by atoms with E-state index in [1.807, 2.05) is 13.0 Å². The van der Waals surface area contributed by atoms with Gasteiger partial charge in [-0.15, -0.1) is 0 Å². The van der Waals surface area contributed by atoms with Crippen molar-refractivity contribution < 1.29 is 0 Å². The topological polar surface area (TPSA) is 56.7 Å². The van der Waals surface area contributed by atoms with Gasteiger partial charge in [-0.1, -0.05) is 11.6 Å². The molecule has 0 radical (unpaired) electrons. The first kappa shape index (κ1) is 10.1. The molecule has 0 saturated carbocycles. The van der Waals surface area contributed by atoms with Gasteiger partial charge in [0.25, 0.3) is 0 Å². The number of aromatic nitrogens is 3. The zero-order chi connectivity index (χ0) is 10.8. The van der Waals surface area contributed by atoms with Crippen LogP contribution in [-0.4, -0.2) is 14.8 Å². The summed E-state index contributed by atoms with van der Waals surface area (Å²) in [5, 5.41) is 4.91. The van der Waals surface area contributed by atoms with Gasteiger partial charge in [0.15, 0.2) is 0 Å². The minimum atomic E-state index is 0.467. The van der Waals surface area contributed by atoms with E-state index in [1.54, 1.807) is 23.3 Å². The quantitative estimate of drug-likeness (QED) is 0.841. The zero-order valence-electron chi connectivity index (χ0n) is 8.31. The number of rotatable bonds is 2. The fourth-order valence-electron chi connectivity index (χ4n) is 1.28. The third kappa shape index (κ3) is 2.00. The summed E-state index contributed by atoms with van der Waals surface area (Å²) in [5.41, 5.74) is 8.17. The lowest BCUT2D eigenvalue weighted by Crippen LogP contribution is -2.01. The average Bonchev–Trinajstić information content (AvgIpc) is 2.59. The van der Waals surface area contributed by atoms with Crippen molar-refractivity contribution in [3.05, 3.63) is 40.9 Å². The van der Waals surface area contributed by atoms with Gasteiger partial charge in [-0.25, -0.2) is 4.68 Å². The summed E-state index contributed by atoms with van der Waals surface area (Å²) in [7, 11) is 0. The summed E-state index contributed by atoms with van der Waals surface area (Å²) in [5.74, 6) is 0. The molecule has 0 amide bonds. The molecule has 0 aliphatic rings. The summed E-state index contributed by atoms with van der Waals surface area (Å²) < 4.78 is 1.70. The fraction of sp³-hybridized carbons (Fsp3) is 0.200. The minimum absolute atomic E-state index is 0.467. The Labute approximate surface area is 92.7 Å². The van der Waals surface area contributed by atoms with Crippen molar-refractivity contribution in [2.45, 2.75) is 13.5 Å². The maximum atomic E-state index is 5.92. The molecule has 4 nitrogen and oxygen atoms in total.